The van der Waals surface area contributed by atoms with Gasteiger partial charge in [0.25, 0.3) is 0 Å². The molecule has 2 N–H and O–H groups in total. The van der Waals surface area contributed by atoms with Crippen LogP contribution in [0.2, 0.25) is 5.02 Å². The highest BCUT2D eigenvalue weighted by Gasteiger charge is 2.35. The number of hydrogen-bond acceptors (Lipinski definition) is 2. The molecule has 7 heteroatoms. The highest BCUT2D eigenvalue weighted by Crippen LogP contribution is 2.34. The van der Waals surface area contributed by atoms with Crippen molar-refractivity contribution in [2.45, 2.75) is 25.9 Å². The summed E-state index contributed by atoms with van der Waals surface area (Å²) < 4.78 is 38.2. The Labute approximate surface area is 125 Å². The third-order valence-electron chi connectivity index (χ3n) is 3.63. The summed E-state index contributed by atoms with van der Waals surface area (Å²) in [6, 6.07) is 3.04. The number of carbonyl (C=O) groups excluding carboxylic acids is 1. The Morgan fingerprint density at radius 2 is 2.10 bits per heavy atom. The number of amides is 1. The van der Waals surface area contributed by atoms with E-state index in [1.165, 1.54) is 6.07 Å². The van der Waals surface area contributed by atoms with Crippen LogP contribution in [0.15, 0.2) is 18.2 Å². The van der Waals surface area contributed by atoms with Crippen molar-refractivity contribution < 1.29 is 18.0 Å². The maximum atomic E-state index is 12.7. The van der Waals surface area contributed by atoms with Crippen LogP contribution >= 0.6 is 11.6 Å². The number of carbonyl (C=O) groups is 1. The number of alkyl halides is 3. The van der Waals surface area contributed by atoms with Gasteiger partial charge in [-0.2, -0.15) is 13.2 Å². The molecule has 1 fully saturated rings. The van der Waals surface area contributed by atoms with Gasteiger partial charge < -0.3 is 10.6 Å². The van der Waals surface area contributed by atoms with E-state index in [1.54, 1.807) is 6.92 Å². The first-order valence-electron chi connectivity index (χ1n) is 6.61. The Kier molecular flexibility index (Phi) is 4.49. The molecule has 0 radical (unpaired) electrons. The van der Waals surface area contributed by atoms with E-state index in [-0.39, 0.29) is 16.6 Å². The van der Waals surface area contributed by atoms with E-state index in [4.69, 9.17) is 11.6 Å². The zero-order valence-electron chi connectivity index (χ0n) is 11.5. The molecular formula is C14H16ClF3N2O. The van der Waals surface area contributed by atoms with E-state index < -0.39 is 17.2 Å². The van der Waals surface area contributed by atoms with Gasteiger partial charge in [-0.3, -0.25) is 4.79 Å². The molecule has 21 heavy (non-hydrogen) atoms. The molecule has 1 unspecified atom stereocenters. The maximum absolute atomic E-state index is 12.7. The largest absolute Gasteiger partial charge is 0.416 e. The number of rotatable bonds is 2. The Hall–Kier alpha value is -1.27. The second-order valence-electron chi connectivity index (χ2n) is 5.52. The van der Waals surface area contributed by atoms with Crippen LogP contribution in [-0.4, -0.2) is 19.0 Å². The number of piperidine rings is 1. The smallest absolute Gasteiger partial charge is 0.326 e. The second-order valence-corrected chi connectivity index (χ2v) is 5.96. The van der Waals surface area contributed by atoms with Gasteiger partial charge in [-0.25, -0.2) is 0 Å². The van der Waals surface area contributed by atoms with Crippen LogP contribution < -0.4 is 10.6 Å². The zero-order valence-corrected chi connectivity index (χ0v) is 12.2. The van der Waals surface area contributed by atoms with Crippen LogP contribution in [-0.2, 0) is 11.0 Å². The van der Waals surface area contributed by atoms with Crippen LogP contribution in [0, 0.1) is 5.41 Å². The lowest BCUT2D eigenvalue weighted by Crippen LogP contribution is -2.46. The fourth-order valence-electron chi connectivity index (χ4n) is 2.36. The van der Waals surface area contributed by atoms with Gasteiger partial charge in [0.2, 0.25) is 5.91 Å². The summed E-state index contributed by atoms with van der Waals surface area (Å²) in [4.78, 5) is 12.3. The van der Waals surface area contributed by atoms with E-state index in [2.05, 4.69) is 10.6 Å². The highest BCUT2D eigenvalue weighted by atomic mass is 35.5. The van der Waals surface area contributed by atoms with E-state index in [0.29, 0.717) is 13.0 Å². The van der Waals surface area contributed by atoms with Gasteiger partial charge in [0, 0.05) is 17.3 Å². The number of hydrogen-bond donors (Lipinski definition) is 2. The van der Waals surface area contributed by atoms with E-state index >= 15 is 0 Å². The van der Waals surface area contributed by atoms with Crippen molar-refractivity contribution in [3.05, 3.63) is 28.8 Å². The van der Waals surface area contributed by atoms with Crippen molar-refractivity contribution in [1.82, 2.24) is 5.32 Å². The van der Waals surface area contributed by atoms with Crippen molar-refractivity contribution in [3.63, 3.8) is 0 Å². The molecule has 1 aliphatic heterocycles. The topological polar surface area (TPSA) is 41.1 Å². The Bertz CT molecular complexity index is 540. The minimum absolute atomic E-state index is 0.0617. The summed E-state index contributed by atoms with van der Waals surface area (Å²) in [7, 11) is 0. The van der Waals surface area contributed by atoms with Gasteiger partial charge in [0.1, 0.15) is 0 Å². The first-order chi connectivity index (χ1) is 9.71. The third-order valence-corrected chi connectivity index (χ3v) is 3.85. The molecule has 1 saturated heterocycles. The predicted molar refractivity (Wildman–Crippen MR) is 75.3 cm³/mol. The molecule has 0 aromatic heterocycles. The second kappa shape index (κ2) is 5.85. The number of benzene rings is 1. The van der Waals surface area contributed by atoms with Crippen LogP contribution in [0.1, 0.15) is 25.3 Å². The summed E-state index contributed by atoms with van der Waals surface area (Å²) >= 11 is 5.70. The minimum Gasteiger partial charge on any atom is -0.326 e. The molecular weight excluding hydrogens is 305 g/mol. The van der Waals surface area contributed by atoms with Gasteiger partial charge in [0.05, 0.1) is 11.0 Å². The lowest BCUT2D eigenvalue weighted by atomic mass is 9.82. The Balaban J connectivity index is 2.19. The molecule has 3 nitrogen and oxygen atoms in total. The predicted octanol–water partition coefficient (Wildman–Crippen LogP) is 3.69. The van der Waals surface area contributed by atoms with Crippen LogP contribution in [0.4, 0.5) is 18.9 Å². The fraction of sp³-hybridized carbons (Fsp3) is 0.500. The monoisotopic (exact) mass is 320 g/mol. The van der Waals surface area contributed by atoms with E-state index in [0.717, 1.165) is 25.1 Å². The maximum Gasteiger partial charge on any atom is 0.416 e. The van der Waals surface area contributed by atoms with Gasteiger partial charge in [-0.1, -0.05) is 11.6 Å². The van der Waals surface area contributed by atoms with Crippen molar-refractivity contribution in [3.8, 4) is 0 Å². The average molecular weight is 321 g/mol. The minimum atomic E-state index is -4.50. The fourth-order valence-corrected chi connectivity index (χ4v) is 2.59. The summed E-state index contributed by atoms with van der Waals surface area (Å²) in [6.07, 6.45) is -2.95. The molecule has 1 amide bonds. The van der Waals surface area contributed by atoms with Crippen LogP contribution in [0.5, 0.6) is 0 Å². The Morgan fingerprint density at radius 1 is 1.38 bits per heavy atom. The van der Waals surface area contributed by atoms with Crippen molar-refractivity contribution >= 4 is 23.2 Å². The van der Waals surface area contributed by atoms with Crippen molar-refractivity contribution in [2.24, 2.45) is 5.41 Å². The van der Waals surface area contributed by atoms with Gasteiger partial charge in [0.15, 0.2) is 0 Å². The summed E-state index contributed by atoms with van der Waals surface area (Å²) in [5.74, 6) is -0.301. The zero-order chi connectivity index (χ0) is 15.7. The third kappa shape index (κ3) is 3.89. The standard InChI is InChI=1S/C14H16ClF3N2O/c1-13(3-2-4-19-8-13)12(21)20-11-6-9(14(16,17)18)5-10(15)7-11/h5-7,19H,2-4,8H2,1H3,(H,20,21). The van der Waals surface area contributed by atoms with Crippen LogP contribution in [0.3, 0.4) is 0 Å². The normalized spacial score (nSPS) is 22.9. The van der Waals surface area contributed by atoms with Gasteiger partial charge in [-0.15, -0.1) is 0 Å². The SMILES string of the molecule is CC1(C(=O)Nc2cc(Cl)cc(C(F)(F)F)c2)CCCNC1. The molecule has 1 aliphatic rings. The van der Waals surface area contributed by atoms with Crippen LogP contribution in [0.25, 0.3) is 0 Å². The van der Waals surface area contributed by atoms with E-state index in [1.807, 2.05) is 0 Å². The number of nitrogens with one attached hydrogen (secondary N) is 2. The molecule has 0 bridgehead atoms. The van der Waals surface area contributed by atoms with Gasteiger partial charge in [-0.05, 0) is 44.5 Å². The average Bonchev–Trinajstić information content (AvgIpc) is 2.37. The highest BCUT2D eigenvalue weighted by molar-refractivity contribution is 6.31. The summed E-state index contributed by atoms with van der Waals surface area (Å²) in [6.45, 7) is 3.15. The summed E-state index contributed by atoms with van der Waals surface area (Å²) in [5, 5.41) is 5.60. The lowest BCUT2D eigenvalue weighted by molar-refractivity contribution is -0.137. The summed E-state index contributed by atoms with van der Waals surface area (Å²) in [5.41, 5.74) is -1.44. The van der Waals surface area contributed by atoms with Crippen molar-refractivity contribution in [1.29, 1.82) is 0 Å². The quantitative estimate of drug-likeness (QED) is 0.872. The first kappa shape index (κ1) is 16.1. The molecule has 0 spiro atoms. The molecule has 0 saturated carbocycles. The number of halogens is 4. The molecule has 2 rings (SSSR count). The number of anilines is 1. The Morgan fingerprint density at radius 3 is 2.67 bits per heavy atom. The van der Waals surface area contributed by atoms with Crippen molar-refractivity contribution in [2.75, 3.05) is 18.4 Å². The molecule has 1 heterocycles. The molecule has 1 aromatic rings. The molecule has 1 aromatic carbocycles. The molecule has 0 aliphatic carbocycles. The lowest BCUT2D eigenvalue weighted by Gasteiger charge is -2.32. The molecule has 1 atom stereocenters. The van der Waals surface area contributed by atoms with E-state index in [9.17, 15) is 18.0 Å². The first-order valence-corrected chi connectivity index (χ1v) is 6.98. The van der Waals surface area contributed by atoms with Gasteiger partial charge >= 0.3 is 6.18 Å². The molecule has 116 valence electrons.